The molecule has 2 amide bonds. The smallest absolute Gasteiger partial charge is 0.270 e. The van der Waals surface area contributed by atoms with Crippen molar-refractivity contribution in [3.63, 3.8) is 0 Å². The van der Waals surface area contributed by atoms with E-state index >= 15 is 0 Å². The molecule has 0 spiro atoms. The van der Waals surface area contributed by atoms with E-state index in [-0.39, 0.29) is 36.4 Å². The van der Waals surface area contributed by atoms with Gasteiger partial charge in [0.15, 0.2) is 0 Å². The van der Waals surface area contributed by atoms with Gasteiger partial charge in [0.2, 0.25) is 11.8 Å². The number of likely N-dealkylation sites (N-methyl/N-ethyl adjacent to an activating group) is 1. The molecule has 28 heavy (non-hydrogen) atoms. The average Bonchev–Trinajstić information content (AvgIpc) is 2.70. The van der Waals surface area contributed by atoms with Gasteiger partial charge < -0.3 is 10.2 Å². The third-order valence-corrected chi connectivity index (χ3v) is 3.93. The normalized spacial score (nSPS) is 10.6. The molecule has 0 aromatic heterocycles. The third-order valence-electron chi connectivity index (χ3n) is 3.93. The molecule has 0 aliphatic carbocycles. The zero-order valence-electron chi connectivity index (χ0n) is 15.3. The SMILES string of the molecule is CCN(CC(=O)NCc1ccc(F)cc1)C(=O)/C=C\c1cccc([N+](=O)[O-])c1. The van der Waals surface area contributed by atoms with Crippen molar-refractivity contribution in [3.05, 3.63) is 81.7 Å². The summed E-state index contributed by atoms with van der Waals surface area (Å²) in [6, 6.07) is 11.6. The van der Waals surface area contributed by atoms with Crippen LogP contribution in [0.1, 0.15) is 18.1 Å². The summed E-state index contributed by atoms with van der Waals surface area (Å²) in [4.78, 5) is 36.0. The van der Waals surface area contributed by atoms with E-state index < -0.39 is 4.92 Å². The first-order valence-corrected chi connectivity index (χ1v) is 8.61. The quantitative estimate of drug-likeness (QED) is 0.430. The fourth-order valence-corrected chi connectivity index (χ4v) is 2.39. The second-order valence-corrected chi connectivity index (χ2v) is 5.94. The van der Waals surface area contributed by atoms with Crippen LogP contribution >= 0.6 is 0 Å². The lowest BCUT2D eigenvalue weighted by atomic mass is 10.2. The second-order valence-electron chi connectivity index (χ2n) is 5.94. The van der Waals surface area contributed by atoms with E-state index in [9.17, 15) is 24.1 Å². The lowest BCUT2D eigenvalue weighted by molar-refractivity contribution is -0.384. The summed E-state index contributed by atoms with van der Waals surface area (Å²) >= 11 is 0. The van der Waals surface area contributed by atoms with Crippen LogP contribution in [0, 0.1) is 15.9 Å². The minimum absolute atomic E-state index is 0.0675. The first kappa shape index (κ1) is 20.8. The number of carbonyl (C=O) groups is 2. The molecule has 0 saturated carbocycles. The van der Waals surface area contributed by atoms with Gasteiger partial charge in [-0.25, -0.2) is 4.39 Å². The number of amides is 2. The molecule has 0 radical (unpaired) electrons. The number of hydrogen-bond donors (Lipinski definition) is 1. The molecule has 0 heterocycles. The second kappa shape index (κ2) is 9.96. The monoisotopic (exact) mass is 385 g/mol. The van der Waals surface area contributed by atoms with Crippen LogP contribution in [0.2, 0.25) is 0 Å². The summed E-state index contributed by atoms with van der Waals surface area (Å²) in [7, 11) is 0. The lowest BCUT2D eigenvalue weighted by Crippen LogP contribution is -2.39. The number of rotatable bonds is 8. The standard InChI is InChI=1S/C20H20FN3O4/c1-2-23(14-19(25)22-13-16-6-9-17(21)10-7-16)20(26)11-8-15-4-3-5-18(12-15)24(27)28/h3-12H,2,13-14H2,1H3,(H,22,25)/b11-8-. The van der Waals surface area contributed by atoms with Crippen molar-refractivity contribution in [2.45, 2.75) is 13.5 Å². The molecule has 0 unspecified atom stereocenters. The first-order valence-electron chi connectivity index (χ1n) is 8.61. The predicted molar refractivity (Wildman–Crippen MR) is 103 cm³/mol. The minimum Gasteiger partial charge on any atom is -0.350 e. The van der Waals surface area contributed by atoms with Crippen LogP contribution in [0.25, 0.3) is 6.08 Å². The average molecular weight is 385 g/mol. The number of hydrogen-bond acceptors (Lipinski definition) is 4. The summed E-state index contributed by atoms with van der Waals surface area (Å²) in [5.74, 6) is -1.08. The summed E-state index contributed by atoms with van der Waals surface area (Å²) in [5.41, 5.74) is 1.19. The largest absolute Gasteiger partial charge is 0.350 e. The summed E-state index contributed by atoms with van der Waals surface area (Å²) in [5, 5.41) is 13.5. The molecule has 7 nitrogen and oxygen atoms in total. The number of benzene rings is 2. The van der Waals surface area contributed by atoms with E-state index in [1.165, 1.54) is 47.4 Å². The number of nitro groups is 1. The molecular formula is C20H20FN3O4. The number of nitrogens with zero attached hydrogens (tertiary/aromatic N) is 2. The molecule has 146 valence electrons. The Bertz CT molecular complexity index is 881. The Kier molecular flexibility index (Phi) is 7.38. The van der Waals surface area contributed by atoms with Gasteiger partial charge >= 0.3 is 0 Å². The molecule has 2 rings (SSSR count). The van der Waals surface area contributed by atoms with E-state index in [1.54, 1.807) is 25.1 Å². The lowest BCUT2D eigenvalue weighted by Gasteiger charge is -2.18. The van der Waals surface area contributed by atoms with Crippen LogP contribution < -0.4 is 5.32 Å². The Hall–Kier alpha value is -3.55. The van der Waals surface area contributed by atoms with Gasteiger partial charge in [0.05, 0.1) is 11.5 Å². The predicted octanol–water partition coefficient (Wildman–Crippen LogP) is 2.91. The molecule has 0 atom stereocenters. The van der Waals surface area contributed by atoms with Gasteiger partial charge in [0.25, 0.3) is 5.69 Å². The van der Waals surface area contributed by atoms with Gasteiger partial charge in [-0.1, -0.05) is 24.3 Å². The van der Waals surface area contributed by atoms with Crippen molar-refractivity contribution in [1.82, 2.24) is 10.2 Å². The van der Waals surface area contributed by atoms with Crippen molar-refractivity contribution < 1.29 is 18.9 Å². The maximum Gasteiger partial charge on any atom is 0.270 e. The Balaban J connectivity index is 1.91. The molecule has 2 aromatic carbocycles. The van der Waals surface area contributed by atoms with Crippen molar-refractivity contribution in [3.8, 4) is 0 Å². The first-order chi connectivity index (χ1) is 13.4. The molecule has 0 aliphatic heterocycles. The van der Waals surface area contributed by atoms with Crippen LogP contribution in [0.4, 0.5) is 10.1 Å². The minimum atomic E-state index is -0.511. The van der Waals surface area contributed by atoms with Gasteiger partial charge in [0, 0.05) is 31.3 Å². The topological polar surface area (TPSA) is 92.6 Å². The molecule has 2 aromatic rings. The summed E-state index contributed by atoms with van der Waals surface area (Å²) in [6.45, 7) is 2.17. The van der Waals surface area contributed by atoms with E-state index in [0.717, 1.165) is 5.56 Å². The highest BCUT2D eigenvalue weighted by molar-refractivity contribution is 5.94. The molecule has 1 N–H and O–H groups in total. The van der Waals surface area contributed by atoms with Gasteiger partial charge in [-0.3, -0.25) is 19.7 Å². The van der Waals surface area contributed by atoms with E-state index in [2.05, 4.69) is 5.32 Å². The van der Waals surface area contributed by atoms with Gasteiger partial charge in [0.1, 0.15) is 5.82 Å². The Morgan fingerprint density at radius 2 is 1.93 bits per heavy atom. The van der Waals surface area contributed by atoms with E-state index in [4.69, 9.17) is 0 Å². The Labute approximate surface area is 161 Å². The number of non-ortho nitro benzene ring substituents is 1. The van der Waals surface area contributed by atoms with Crippen molar-refractivity contribution in [1.29, 1.82) is 0 Å². The number of carbonyl (C=O) groups excluding carboxylic acids is 2. The summed E-state index contributed by atoms with van der Waals surface area (Å²) < 4.78 is 12.9. The maximum atomic E-state index is 12.9. The summed E-state index contributed by atoms with van der Waals surface area (Å²) in [6.07, 6.45) is 2.74. The fourth-order valence-electron chi connectivity index (χ4n) is 2.39. The van der Waals surface area contributed by atoms with Crippen LogP contribution in [0.15, 0.2) is 54.6 Å². The Morgan fingerprint density at radius 1 is 1.21 bits per heavy atom. The molecule has 0 fully saturated rings. The number of halogens is 1. The van der Waals surface area contributed by atoms with Gasteiger partial charge in [-0.2, -0.15) is 0 Å². The van der Waals surface area contributed by atoms with Crippen LogP contribution in [-0.2, 0) is 16.1 Å². The highest BCUT2D eigenvalue weighted by Crippen LogP contribution is 2.14. The highest BCUT2D eigenvalue weighted by Gasteiger charge is 2.13. The van der Waals surface area contributed by atoms with Crippen LogP contribution in [0.3, 0.4) is 0 Å². The van der Waals surface area contributed by atoms with Crippen molar-refractivity contribution in [2.75, 3.05) is 13.1 Å². The van der Waals surface area contributed by atoms with Crippen LogP contribution in [0.5, 0.6) is 0 Å². The number of nitrogens with one attached hydrogen (secondary N) is 1. The fraction of sp³-hybridized carbons (Fsp3) is 0.200. The number of nitro benzene ring substituents is 1. The maximum absolute atomic E-state index is 12.9. The molecule has 0 saturated heterocycles. The van der Waals surface area contributed by atoms with E-state index in [0.29, 0.717) is 12.1 Å². The van der Waals surface area contributed by atoms with Gasteiger partial charge in [-0.05, 0) is 36.3 Å². The molecule has 0 aliphatic rings. The zero-order chi connectivity index (χ0) is 20.5. The zero-order valence-corrected chi connectivity index (χ0v) is 15.3. The molecule has 8 heteroatoms. The van der Waals surface area contributed by atoms with Crippen molar-refractivity contribution in [2.24, 2.45) is 0 Å². The van der Waals surface area contributed by atoms with Crippen molar-refractivity contribution >= 4 is 23.6 Å². The third kappa shape index (κ3) is 6.31. The Morgan fingerprint density at radius 3 is 2.57 bits per heavy atom. The van der Waals surface area contributed by atoms with E-state index in [1.807, 2.05) is 0 Å². The van der Waals surface area contributed by atoms with Gasteiger partial charge in [-0.15, -0.1) is 0 Å². The highest BCUT2D eigenvalue weighted by atomic mass is 19.1. The molecular weight excluding hydrogens is 365 g/mol. The molecule has 0 bridgehead atoms. The van der Waals surface area contributed by atoms with Crippen LogP contribution in [-0.4, -0.2) is 34.7 Å².